The monoisotopic (exact) mass is 587 g/mol. The highest BCUT2D eigenvalue weighted by atomic mass is 35.5. The van der Waals surface area contributed by atoms with Crippen molar-refractivity contribution in [3.63, 3.8) is 0 Å². The first-order valence-corrected chi connectivity index (χ1v) is 14.9. The van der Waals surface area contributed by atoms with Gasteiger partial charge in [-0.25, -0.2) is 4.68 Å². The molecule has 0 fully saturated rings. The number of amides is 1. The number of unbranched alkanes of at least 4 members (excludes halogenated alkanes) is 1. The molecule has 2 aromatic carbocycles. The Morgan fingerprint density at radius 3 is 2.61 bits per heavy atom. The first kappa shape index (κ1) is 27.4. The molecule has 6 rings (SSSR count). The lowest BCUT2D eigenvalue weighted by atomic mass is 9.92. The van der Waals surface area contributed by atoms with E-state index in [1.807, 2.05) is 48.7 Å². The lowest BCUT2D eigenvalue weighted by Crippen LogP contribution is -2.29. The molecule has 10 heteroatoms. The molecule has 210 valence electrons. The standard InChI is InChI=1S/C31H31Cl2N7O/c32-20-9-11-23-27(17-20)34-14-13-29(23)40-19-22(38-39-40)5-1-4-8-30(41)35-15-16-36-31-24-6-2-3-7-26(24)37-28-18-21(33)10-12-25(28)31/h9-14,17-19H,1-8,15-16H2,(H,35,41)(H,36,37). The summed E-state index contributed by atoms with van der Waals surface area (Å²) < 4.78 is 1.77. The van der Waals surface area contributed by atoms with Gasteiger partial charge in [0.15, 0.2) is 0 Å². The number of pyridine rings is 2. The predicted molar refractivity (Wildman–Crippen MR) is 164 cm³/mol. The number of carbonyl (C=O) groups is 1. The molecule has 0 bridgehead atoms. The molecular formula is C31H31Cl2N7O. The molecule has 0 aliphatic heterocycles. The minimum atomic E-state index is 0.0609. The number of carbonyl (C=O) groups excluding carboxylic acids is 1. The number of nitrogens with one attached hydrogen (secondary N) is 2. The topological polar surface area (TPSA) is 97.6 Å². The number of fused-ring (bicyclic) bond motifs is 3. The third-order valence-corrected chi connectivity index (χ3v) is 8.00. The van der Waals surface area contributed by atoms with Crippen molar-refractivity contribution in [1.82, 2.24) is 30.3 Å². The zero-order chi connectivity index (χ0) is 28.2. The van der Waals surface area contributed by atoms with Crippen LogP contribution in [0.5, 0.6) is 0 Å². The van der Waals surface area contributed by atoms with E-state index in [0.717, 1.165) is 83.1 Å². The molecule has 2 N–H and O–H groups in total. The van der Waals surface area contributed by atoms with E-state index in [9.17, 15) is 4.79 Å². The second kappa shape index (κ2) is 12.4. The molecule has 0 atom stereocenters. The van der Waals surface area contributed by atoms with E-state index in [-0.39, 0.29) is 5.91 Å². The van der Waals surface area contributed by atoms with Crippen molar-refractivity contribution in [1.29, 1.82) is 0 Å². The fraction of sp³-hybridized carbons (Fsp3) is 0.323. The van der Waals surface area contributed by atoms with Crippen LogP contribution in [-0.2, 0) is 24.1 Å². The van der Waals surface area contributed by atoms with Crippen molar-refractivity contribution in [3.8, 4) is 5.69 Å². The number of hydrogen-bond donors (Lipinski definition) is 2. The summed E-state index contributed by atoms with van der Waals surface area (Å²) in [6.07, 6.45) is 10.9. The molecule has 3 aromatic heterocycles. The second-order valence-corrected chi connectivity index (χ2v) is 11.3. The van der Waals surface area contributed by atoms with Gasteiger partial charge in [-0.2, -0.15) is 0 Å². The molecular weight excluding hydrogens is 557 g/mol. The Morgan fingerprint density at radius 2 is 1.73 bits per heavy atom. The highest BCUT2D eigenvalue weighted by Gasteiger charge is 2.18. The van der Waals surface area contributed by atoms with Gasteiger partial charge in [-0.15, -0.1) is 5.10 Å². The van der Waals surface area contributed by atoms with E-state index in [0.29, 0.717) is 29.6 Å². The lowest BCUT2D eigenvalue weighted by molar-refractivity contribution is -0.121. The van der Waals surface area contributed by atoms with Gasteiger partial charge < -0.3 is 10.6 Å². The van der Waals surface area contributed by atoms with Crippen molar-refractivity contribution < 1.29 is 4.79 Å². The SMILES string of the molecule is O=C(CCCCc1cn(-c2ccnc3cc(Cl)ccc23)nn1)NCCNc1c2c(nc3cc(Cl)ccc13)CCCC2. The van der Waals surface area contributed by atoms with Gasteiger partial charge in [0.2, 0.25) is 5.91 Å². The van der Waals surface area contributed by atoms with Crippen LogP contribution < -0.4 is 10.6 Å². The van der Waals surface area contributed by atoms with Crippen LogP contribution in [0.25, 0.3) is 27.5 Å². The van der Waals surface area contributed by atoms with E-state index >= 15 is 0 Å². The van der Waals surface area contributed by atoms with Crippen LogP contribution in [0.3, 0.4) is 0 Å². The molecule has 3 heterocycles. The number of hydrogen-bond acceptors (Lipinski definition) is 6. The molecule has 1 aliphatic carbocycles. The summed E-state index contributed by atoms with van der Waals surface area (Å²) in [7, 11) is 0. The zero-order valence-corrected chi connectivity index (χ0v) is 24.2. The molecule has 0 spiro atoms. The molecule has 5 aromatic rings. The molecule has 1 aliphatic rings. The molecule has 0 radical (unpaired) electrons. The Morgan fingerprint density at radius 1 is 0.927 bits per heavy atom. The van der Waals surface area contributed by atoms with Crippen LogP contribution in [0.2, 0.25) is 10.0 Å². The van der Waals surface area contributed by atoms with Crippen molar-refractivity contribution >= 4 is 56.6 Å². The average molecular weight is 589 g/mol. The Kier molecular flexibility index (Phi) is 8.30. The predicted octanol–water partition coefficient (Wildman–Crippen LogP) is 6.49. The summed E-state index contributed by atoms with van der Waals surface area (Å²) in [6.45, 7) is 1.21. The summed E-state index contributed by atoms with van der Waals surface area (Å²) in [5.74, 6) is 0.0609. The maximum atomic E-state index is 12.5. The van der Waals surface area contributed by atoms with E-state index in [1.165, 1.54) is 12.0 Å². The van der Waals surface area contributed by atoms with Gasteiger partial charge in [0.05, 0.1) is 28.6 Å². The largest absolute Gasteiger partial charge is 0.382 e. The van der Waals surface area contributed by atoms with Crippen molar-refractivity contribution in [2.24, 2.45) is 0 Å². The fourth-order valence-electron chi connectivity index (χ4n) is 5.51. The second-order valence-electron chi connectivity index (χ2n) is 10.4. The van der Waals surface area contributed by atoms with Gasteiger partial charge >= 0.3 is 0 Å². The van der Waals surface area contributed by atoms with Crippen LogP contribution in [0.1, 0.15) is 49.1 Å². The zero-order valence-electron chi connectivity index (χ0n) is 22.7. The highest BCUT2D eigenvalue weighted by Crippen LogP contribution is 2.34. The van der Waals surface area contributed by atoms with Crippen LogP contribution in [0.15, 0.2) is 54.9 Å². The Bertz CT molecular complexity index is 1720. The first-order valence-electron chi connectivity index (χ1n) is 14.1. The summed E-state index contributed by atoms with van der Waals surface area (Å²) >= 11 is 12.3. The number of nitrogens with zero attached hydrogens (tertiary/aromatic N) is 5. The lowest BCUT2D eigenvalue weighted by Gasteiger charge is -2.22. The summed E-state index contributed by atoms with van der Waals surface area (Å²) in [5, 5.41) is 18.6. The smallest absolute Gasteiger partial charge is 0.220 e. The van der Waals surface area contributed by atoms with Gasteiger partial charge in [-0.3, -0.25) is 14.8 Å². The Labute approximate surface area is 248 Å². The van der Waals surface area contributed by atoms with E-state index < -0.39 is 0 Å². The number of halogens is 2. The molecule has 8 nitrogen and oxygen atoms in total. The van der Waals surface area contributed by atoms with Crippen molar-refractivity contribution in [2.45, 2.75) is 51.4 Å². The molecule has 41 heavy (non-hydrogen) atoms. The Hall–Kier alpha value is -3.75. The summed E-state index contributed by atoms with van der Waals surface area (Å²) in [5.41, 5.74) is 7.13. The van der Waals surface area contributed by atoms with Crippen molar-refractivity contribution in [2.75, 3.05) is 18.4 Å². The third kappa shape index (κ3) is 6.29. The van der Waals surface area contributed by atoms with Crippen LogP contribution >= 0.6 is 23.2 Å². The molecule has 0 saturated heterocycles. The summed E-state index contributed by atoms with van der Waals surface area (Å²) in [4.78, 5) is 21.7. The molecule has 0 saturated carbocycles. The van der Waals surface area contributed by atoms with Crippen LogP contribution in [0.4, 0.5) is 5.69 Å². The molecule has 0 unspecified atom stereocenters. The van der Waals surface area contributed by atoms with Crippen LogP contribution in [-0.4, -0.2) is 44.0 Å². The van der Waals surface area contributed by atoms with Gasteiger partial charge in [-0.1, -0.05) is 28.4 Å². The average Bonchev–Trinajstić information content (AvgIpc) is 3.45. The maximum absolute atomic E-state index is 12.5. The molecule has 1 amide bonds. The first-order chi connectivity index (χ1) is 20.0. The summed E-state index contributed by atoms with van der Waals surface area (Å²) in [6, 6.07) is 13.4. The highest BCUT2D eigenvalue weighted by molar-refractivity contribution is 6.31. The van der Waals surface area contributed by atoms with Gasteiger partial charge in [0.25, 0.3) is 0 Å². The quantitative estimate of drug-likeness (QED) is 0.181. The van der Waals surface area contributed by atoms with E-state index in [4.69, 9.17) is 28.2 Å². The number of aromatic nitrogens is 5. The van der Waals surface area contributed by atoms with Crippen molar-refractivity contribution in [3.05, 3.63) is 81.9 Å². The third-order valence-electron chi connectivity index (χ3n) is 7.53. The maximum Gasteiger partial charge on any atom is 0.220 e. The number of rotatable bonds is 10. The number of aryl methyl sites for hydroxylation is 2. The fourth-order valence-corrected chi connectivity index (χ4v) is 5.84. The Balaban J connectivity index is 0.969. The van der Waals surface area contributed by atoms with E-state index in [2.05, 4.69) is 25.9 Å². The van der Waals surface area contributed by atoms with Gasteiger partial charge in [-0.05, 0) is 93.0 Å². The minimum Gasteiger partial charge on any atom is -0.382 e. The van der Waals surface area contributed by atoms with E-state index in [1.54, 1.807) is 10.9 Å². The van der Waals surface area contributed by atoms with Crippen LogP contribution in [0, 0.1) is 0 Å². The number of benzene rings is 2. The number of anilines is 1. The van der Waals surface area contributed by atoms with Gasteiger partial charge in [0, 0.05) is 57.9 Å². The normalized spacial score (nSPS) is 12.9. The minimum absolute atomic E-state index is 0.0609. The van der Waals surface area contributed by atoms with Gasteiger partial charge in [0.1, 0.15) is 0 Å².